The minimum atomic E-state index is -0.453. The van der Waals surface area contributed by atoms with E-state index in [-0.39, 0.29) is 5.82 Å². The molecule has 2 aromatic heterocycles. The van der Waals surface area contributed by atoms with Crippen molar-refractivity contribution in [1.82, 2.24) is 9.38 Å². The largest absolute Gasteiger partial charge is 0.460 e. The molecule has 2 heterocycles. The van der Waals surface area contributed by atoms with Crippen LogP contribution in [0.25, 0.3) is 5.52 Å². The summed E-state index contributed by atoms with van der Waals surface area (Å²) in [6, 6.07) is 3.41. The highest BCUT2D eigenvalue weighted by atomic mass is 79.9. The van der Waals surface area contributed by atoms with Gasteiger partial charge in [-0.2, -0.15) is 0 Å². The molecule has 0 radical (unpaired) electrons. The Balaban J connectivity index is 2.59. The van der Waals surface area contributed by atoms with Gasteiger partial charge in [-0.1, -0.05) is 11.6 Å². The highest BCUT2D eigenvalue weighted by Gasteiger charge is 2.17. The molecule has 16 heavy (non-hydrogen) atoms. The molecule has 0 saturated carbocycles. The van der Waals surface area contributed by atoms with E-state index in [0.29, 0.717) is 16.2 Å². The van der Waals surface area contributed by atoms with E-state index in [2.05, 4.69) is 20.9 Å². The van der Waals surface area contributed by atoms with Gasteiger partial charge in [-0.3, -0.25) is 4.40 Å². The number of rotatable bonds is 2. The molecule has 2 aromatic rings. The average Bonchev–Trinajstić information content (AvgIpc) is 2.56. The standard InChI is InChI=1S/C10H8BrClN2O2/c1-2-16-10(15)9-13-8(11)7-5-6(12)3-4-14(7)9/h3-5H,2H2,1H3. The smallest absolute Gasteiger partial charge is 0.374 e. The summed E-state index contributed by atoms with van der Waals surface area (Å²) in [6.45, 7) is 2.07. The van der Waals surface area contributed by atoms with Crippen molar-refractivity contribution < 1.29 is 9.53 Å². The van der Waals surface area contributed by atoms with Crippen molar-refractivity contribution in [3.63, 3.8) is 0 Å². The molecular weight excluding hydrogens is 295 g/mol. The van der Waals surface area contributed by atoms with Gasteiger partial charge in [0.15, 0.2) is 0 Å². The molecule has 0 aliphatic heterocycles. The molecule has 0 N–H and O–H groups in total. The van der Waals surface area contributed by atoms with Crippen LogP contribution in [0.15, 0.2) is 22.9 Å². The summed E-state index contributed by atoms with van der Waals surface area (Å²) in [4.78, 5) is 15.7. The highest BCUT2D eigenvalue weighted by molar-refractivity contribution is 9.10. The van der Waals surface area contributed by atoms with Gasteiger partial charge in [0.1, 0.15) is 4.60 Å². The Labute approximate surface area is 105 Å². The molecule has 0 aliphatic rings. The van der Waals surface area contributed by atoms with Gasteiger partial charge >= 0.3 is 5.97 Å². The van der Waals surface area contributed by atoms with Crippen LogP contribution in [-0.4, -0.2) is 22.0 Å². The molecule has 0 saturated heterocycles. The van der Waals surface area contributed by atoms with E-state index in [9.17, 15) is 4.79 Å². The SMILES string of the molecule is CCOC(=O)c1nc(Br)c2cc(Cl)ccn12. The molecule has 4 nitrogen and oxygen atoms in total. The topological polar surface area (TPSA) is 43.6 Å². The van der Waals surface area contributed by atoms with Gasteiger partial charge in [-0.15, -0.1) is 0 Å². The first-order valence-electron chi connectivity index (χ1n) is 4.63. The van der Waals surface area contributed by atoms with E-state index in [4.69, 9.17) is 16.3 Å². The quantitative estimate of drug-likeness (QED) is 0.801. The van der Waals surface area contributed by atoms with Crippen molar-refractivity contribution in [2.75, 3.05) is 6.61 Å². The Morgan fingerprint density at radius 2 is 2.44 bits per heavy atom. The number of hydrogen-bond donors (Lipinski definition) is 0. The number of carbonyl (C=O) groups is 1. The molecule has 2 rings (SSSR count). The van der Waals surface area contributed by atoms with Crippen LogP contribution in [0.3, 0.4) is 0 Å². The van der Waals surface area contributed by atoms with Crippen LogP contribution in [0.2, 0.25) is 5.02 Å². The minimum Gasteiger partial charge on any atom is -0.460 e. The zero-order valence-corrected chi connectivity index (χ0v) is 10.7. The molecule has 0 amide bonds. The summed E-state index contributed by atoms with van der Waals surface area (Å²) >= 11 is 9.14. The third-order valence-electron chi connectivity index (χ3n) is 2.02. The molecule has 0 fully saturated rings. The van der Waals surface area contributed by atoms with Gasteiger partial charge in [-0.05, 0) is 35.0 Å². The molecule has 0 aromatic carbocycles. The molecule has 0 atom stereocenters. The van der Waals surface area contributed by atoms with Crippen molar-refractivity contribution in [2.24, 2.45) is 0 Å². The third-order valence-corrected chi connectivity index (χ3v) is 2.84. The lowest BCUT2D eigenvalue weighted by Crippen LogP contribution is -2.09. The van der Waals surface area contributed by atoms with Gasteiger partial charge in [0.25, 0.3) is 0 Å². The number of fused-ring (bicyclic) bond motifs is 1. The minimum absolute atomic E-state index is 0.236. The molecule has 84 valence electrons. The number of esters is 1. The fourth-order valence-electron chi connectivity index (χ4n) is 1.36. The summed E-state index contributed by atoms with van der Waals surface area (Å²) in [7, 11) is 0. The second kappa shape index (κ2) is 4.43. The normalized spacial score (nSPS) is 10.7. The Kier molecular flexibility index (Phi) is 3.16. The van der Waals surface area contributed by atoms with E-state index in [1.165, 1.54) is 0 Å². The Morgan fingerprint density at radius 1 is 1.69 bits per heavy atom. The summed E-state index contributed by atoms with van der Waals surface area (Å²) in [5.74, 6) is -0.217. The predicted molar refractivity (Wildman–Crippen MR) is 63.9 cm³/mol. The molecule has 0 unspecified atom stereocenters. The molecule has 0 spiro atoms. The highest BCUT2D eigenvalue weighted by Crippen LogP contribution is 2.22. The number of halogens is 2. The number of ether oxygens (including phenoxy) is 1. The van der Waals surface area contributed by atoms with E-state index in [0.717, 1.165) is 5.52 Å². The fraction of sp³-hybridized carbons (Fsp3) is 0.200. The maximum atomic E-state index is 11.6. The van der Waals surface area contributed by atoms with Crippen LogP contribution >= 0.6 is 27.5 Å². The first-order chi connectivity index (χ1) is 7.63. The maximum Gasteiger partial charge on any atom is 0.374 e. The van der Waals surface area contributed by atoms with Crippen LogP contribution in [0.5, 0.6) is 0 Å². The number of nitrogens with zero attached hydrogens (tertiary/aromatic N) is 2. The molecule has 0 aliphatic carbocycles. The van der Waals surface area contributed by atoms with Crippen LogP contribution in [-0.2, 0) is 4.74 Å². The summed E-state index contributed by atoms with van der Waals surface area (Å²) in [6.07, 6.45) is 1.68. The first kappa shape index (κ1) is 11.4. The number of carbonyl (C=O) groups excluding carboxylic acids is 1. The third kappa shape index (κ3) is 1.92. The first-order valence-corrected chi connectivity index (χ1v) is 5.80. The Bertz CT molecular complexity index is 553. The lowest BCUT2D eigenvalue weighted by atomic mass is 10.4. The Morgan fingerprint density at radius 3 is 3.12 bits per heavy atom. The number of pyridine rings is 1. The van der Waals surface area contributed by atoms with Gasteiger partial charge in [0.2, 0.25) is 5.82 Å². The number of aromatic nitrogens is 2. The molecular formula is C10H8BrClN2O2. The van der Waals surface area contributed by atoms with E-state index < -0.39 is 5.97 Å². The van der Waals surface area contributed by atoms with Crippen molar-refractivity contribution in [3.05, 3.63) is 33.8 Å². The lowest BCUT2D eigenvalue weighted by molar-refractivity contribution is 0.0511. The van der Waals surface area contributed by atoms with Gasteiger partial charge in [-0.25, -0.2) is 9.78 Å². The van der Waals surface area contributed by atoms with Gasteiger partial charge in [0, 0.05) is 11.2 Å². The van der Waals surface area contributed by atoms with E-state index >= 15 is 0 Å². The van der Waals surface area contributed by atoms with Crippen LogP contribution < -0.4 is 0 Å². The summed E-state index contributed by atoms with van der Waals surface area (Å²) in [5.41, 5.74) is 0.732. The van der Waals surface area contributed by atoms with Crippen LogP contribution in [0, 0.1) is 0 Å². The second-order valence-electron chi connectivity index (χ2n) is 3.05. The monoisotopic (exact) mass is 302 g/mol. The average molecular weight is 304 g/mol. The van der Waals surface area contributed by atoms with Gasteiger partial charge < -0.3 is 4.74 Å². The molecule has 0 bridgehead atoms. The van der Waals surface area contributed by atoms with Gasteiger partial charge in [0.05, 0.1) is 12.1 Å². The number of hydrogen-bond acceptors (Lipinski definition) is 3. The molecule has 6 heteroatoms. The van der Waals surface area contributed by atoms with Crippen molar-refractivity contribution >= 4 is 39.0 Å². The van der Waals surface area contributed by atoms with Crippen molar-refractivity contribution in [3.8, 4) is 0 Å². The van der Waals surface area contributed by atoms with E-state index in [1.54, 1.807) is 29.7 Å². The van der Waals surface area contributed by atoms with Crippen molar-refractivity contribution in [2.45, 2.75) is 6.92 Å². The van der Waals surface area contributed by atoms with Crippen molar-refractivity contribution in [1.29, 1.82) is 0 Å². The van der Waals surface area contributed by atoms with Crippen LogP contribution in [0.1, 0.15) is 17.5 Å². The number of imidazole rings is 1. The second-order valence-corrected chi connectivity index (χ2v) is 4.23. The Hall–Kier alpha value is -1.07. The zero-order chi connectivity index (χ0) is 11.7. The predicted octanol–water partition coefficient (Wildman–Crippen LogP) is 2.93. The zero-order valence-electron chi connectivity index (χ0n) is 8.41. The maximum absolute atomic E-state index is 11.6. The lowest BCUT2D eigenvalue weighted by Gasteiger charge is -2.00. The summed E-state index contributed by atoms with van der Waals surface area (Å²) in [5, 5.41) is 0.587. The fourth-order valence-corrected chi connectivity index (χ4v) is 1.99. The summed E-state index contributed by atoms with van der Waals surface area (Å²) < 4.78 is 7.10. The van der Waals surface area contributed by atoms with Crippen LogP contribution in [0.4, 0.5) is 0 Å². The van der Waals surface area contributed by atoms with E-state index in [1.807, 2.05) is 0 Å².